The Hall–Kier alpha value is -3.59. The molecule has 2 aliphatic rings. The van der Waals surface area contributed by atoms with Crippen molar-refractivity contribution in [3.05, 3.63) is 102 Å². The van der Waals surface area contributed by atoms with Crippen LogP contribution in [0, 0.1) is 12.3 Å². The van der Waals surface area contributed by atoms with Crippen LogP contribution >= 0.6 is 0 Å². The maximum absolute atomic E-state index is 4.98. The van der Waals surface area contributed by atoms with Crippen molar-refractivity contribution in [1.29, 1.82) is 0 Å². The zero-order valence-electron chi connectivity index (χ0n) is 21.8. The molecule has 0 spiro atoms. The predicted molar refractivity (Wildman–Crippen MR) is 151 cm³/mol. The second-order valence-electron chi connectivity index (χ2n) is 10.3. The van der Waals surface area contributed by atoms with Gasteiger partial charge in [-0.1, -0.05) is 75.4 Å². The van der Waals surface area contributed by atoms with Gasteiger partial charge in [0.05, 0.1) is 5.69 Å². The summed E-state index contributed by atoms with van der Waals surface area (Å²) < 4.78 is 0. The number of benzene rings is 3. The molecule has 0 aliphatic carbocycles. The van der Waals surface area contributed by atoms with Gasteiger partial charge in [0.15, 0.2) is 5.82 Å². The summed E-state index contributed by atoms with van der Waals surface area (Å²) in [4.78, 5) is 10.1. The molecule has 0 saturated carbocycles. The molecule has 2 atom stereocenters. The number of rotatable bonds is 5. The smallest absolute Gasteiger partial charge is 0.158 e. The van der Waals surface area contributed by atoms with Crippen LogP contribution in [-0.2, 0) is 0 Å². The van der Waals surface area contributed by atoms with Crippen LogP contribution in [0.4, 0.5) is 22.9 Å². The van der Waals surface area contributed by atoms with Gasteiger partial charge >= 0.3 is 0 Å². The Bertz CT molecular complexity index is 1390. The van der Waals surface area contributed by atoms with E-state index in [2.05, 4.69) is 122 Å². The third kappa shape index (κ3) is 3.15. The van der Waals surface area contributed by atoms with Gasteiger partial charge in [-0.25, -0.2) is 4.98 Å². The average Bonchev–Trinajstić information content (AvgIpc) is 3.28. The van der Waals surface area contributed by atoms with Crippen LogP contribution < -0.4 is 9.80 Å². The van der Waals surface area contributed by atoms with Gasteiger partial charge in [0.25, 0.3) is 0 Å². The molecule has 3 heteroatoms. The molecule has 0 saturated heterocycles. The van der Waals surface area contributed by atoms with E-state index >= 15 is 0 Å². The molecule has 36 heavy (non-hydrogen) atoms. The summed E-state index contributed by atoms with van der Waals surface area (Å²) in [6.45, 7) is 9.40. The standard InChI is InChI=1S/C33H35N3/c1-5-27-26-16-11-12-17-29(26)36-31-30(18-13-21-34-31)35(32(36)33(27,6-2)7-3)28-20-19-25(22-23(28)4)24-14-9-8-10-15-24/h8-22,27,32H,5-7H2,1-4H3. The largest absolute Gasteiger partial charge is 0.316 e. The molecule has 0 N–H and O–H groups in total. The molecule has 0 radical (unpaired) electrons. The zero-order valence-corrected chi connectivity index (χ0v) is 21.8. The molecule has 0 bridgehead atoms. The van der Waals surface area contributed by atoms with E-state index in [-0.39, 0.29) is 11.6 Å². The summed E-state index contributed by atoms with van der Waals surface area (Å²) in [5.74, 6) is 1.56. The van der Waals surface area contributed by atoms with Crippen LogP contribution in [0.2, 0.25) is 0 Å². The van der Waals surface area contributed by atoms with E-state index < -0.39 is 0 Å². The number of aromatic nitrogens is 1. The Morgan fingerprint density at radius 1 is 0.722 bits per heavy atom. The number of hydrogen-bond donors (Lipinski definition) is 0. The molecule has 3 nitrogen and oxygen atoms in total. The number of fused-ring (bicyclic) bond motifs is 5. The van der Waals surface area contributed by atoms with E-state index in [1.165, 1.54) is 39.3 Å². The van der Waals surface area contributed by atoms with Crippen molar-refractivity contribution in [3.8, 4) is 11.1 Å². The van der Waals surface area contributed by atoms with E-state index in [0.29, 0.717) is 5.92 Å². The summed E-state index contributed by atoms with van der Waals surface area (Å²) in [5.41, 5.74) is 9.16. The number of aryl methyl sites for hydroxylation is 1. The van der Waals surface area contributed by atoms with E-state index in [4.69, 9.17) is 4.98 Å². The van der Waals surface area contributed by atoms with Crippen LogP contribution in [-0.4, -0.2) is 11.1 Å². The second-order valence-corrected chi connectivity index (χ2v) is 10.3. The summed E-state index contributed by atoms with van der Waals surface area (Å²) >= 11 is 0. The van der Waals surface area contributed by atoms with Crippen molar-refractivity contribution in [2.75, 3.05) is 9.80 Å². The molecule has 182 valence electrons. The van der Waals surface area contributed by atoms with Gasteiger partial charge < -0.3 is 9.80 Å². The minimum Gasteiger partial charge on any atom is -0.316 e. The van der Waals surface area contributed by atoms with Gasteiger partial charge in [0.2, 0.25) is 0 Å². The monoisotopic (exact) mass is 473 g/mol. The lowest BCUT2D eigenvalue weighted by atomic mass is 9.62. The van der Waals surface area contributed by atoms with Crippen molar-refractivity contribution in [2.24, 2.45) is 5.41 Å². The number of anilines is 4. The van der Waals surface area contributed by atoms with Crippen molar-refractivity contribution in [1.82, 2.24) is 4.98 Å². The van der Waals surface area contributed by atoms with Crippen molar-refractivity contribution in [2.45, 2.75) is 59.0 Å². The highest BCUT2D eigenvalue weighted by atomic mass is 15.5. The van der Waals surface area contributed by atoms with Crippen LogP contribution in [0.5, 0.6) is 0 Å². The van der Waals surface area contributed by atoms with Crippen LogP contribution in [0.1, 0.15) is 57.1 Å². The Labute approximate surface area is 215 Å². The topological polar surface area (TPSA) is 19.4 Å². The van der Waals surface area contributed by atoms with Crippen LogP contribution in [0.15, 0.2) is 91.1 Å². The predicted octanol–water partition coefficient (Wildman–Crippen LogP) is 8.99. The molecule has 3 heterocycles. The zero-order chi connectivity index (χ0) is 24.9. The first-order valence-electron chi connectivity index (χ1n) is 13.4. The van der Waals surface area contributed by atoms with Crippen molar-refractivity contribution < 1.29 is 0 Å². The van der Waals surface area contributed by atoms with E-state index in [9.17, 15) is 0 Å². The summed E-state index contributed by atoms with van der Waals surface area (Å²) in [5, 5.41) is 0. The molecular formula is C33H35N3. The maximum atomic E-state index is 4.98. The van der Waals surface area contributed by atoms with E-state index in [1.54, 1.807) is 0 Å². The summed E-state index contributed by atoms with van der Waals surface area (Å²) in [6, 6.07) is 31.0. The third-order valence-corrected chi connectivity index (χ3v) is 8.81. The van der Waals surface area contributed by atoms with Gasteiger partial charge in [-0.05, 0) is 84.7 Å². The highest BCUT2D eigenvalue weighted by molar-refractivity contribution is 5.89. The maximum Gasteiger partial charge on any atom is 0.158 e. The van der Waals surface area contributed by atoms with Gasteiger partial charge in [0.1, 0.15) is 6.17 Å². The first-order chi connectivity index (χ1) is 17.6. The molecule has 3 aromatic carbocycles. The van der Waals surface area contributed by atoms with Crippen LogP contribution in [0.3, 0.4) is 0 Å². The lowest BCUT2D eigenvalue weighted by Crippen LogP contribution is -2.57. The Kier molecular flexibility index (Phi) is 5.59. The Morgan fingerprint density at radius 3 is 2.17 bits per heavy atom. The summed E-state index contributed by atoms with van der Waals surface area (Å²) in [7, 11) is 0. The van der Waals surface area contributed by atoms with E-state index in [1.807, 2.05) is 6.20 Å². The highest BCUT2D eigenvalue weighted by Gasteiger charge is 2.57. The fourth-order valence-corrected chi connectivity index (χ4v) is 7.11. The molecule has 2 unspecified atom stereocenters. The van der Waals surface area contributed by atoms with Gasteiger partial charge in [0, 0.05) is 23.0 Å². The number of para-hydroxylation sites is 1. The lowest BCUT2D eigenvalue weighted by molar-refractivity contribution is 0.143. The number of pyridine rings is 1. The summed E-state index contributed by atoms with van der Waals surface area (Å²) in [6.07, 6.45) is 5.48. The second kappa shape index (κ2) is 8.81. The molecular weight excluding hydrogens is 438 g/mol. The fourth-order valence-electron chi connectivity index (χ4n) is 7.11. The quantitative estimate of drug-likeness (QED) is 0.288. The SMILES string of the molecule is CCC1c2ccccc2N2c3ncccc3N(c3ccc(-c4ccccc4)cc3C)C2C1(CC)CC. The fraction of sp³-hybridized carbons (Fsp3) is 0.303. The molecule has 1 aromatic heterocycles. The minimum atomic E-state index is 0.0916. The first kappa shape index (κ1) is 22.8. The van der Waals surface area contributed by atoms with Gasteiger partial charge in [-0.2, -0.15) is 0 Å². The lowest BCUT2D eigenvalue weighted by Gasteiger charge is -2.55. The molecule has 0 amide bonds. The Morgan fingerprint density at radius 2 is 1.44 bits per heavy atom. The molecule has 0 fully saturated rings. The molecule has 4 aromatic rings. The molecule has 6 rings (SSSR count). The van der Waals surface area contributed by atoms with Crippen LogP contribution in [0.25, 0.3) is 11.1 Å². The molecule has 2 aliphatic heterocycles. The normalized spacial score (nSPS) is 19.6. The highest BCUT2D eigenvalue weighted by Crippen LogP contribution is 2.63. The Balaban J connectivity index is 1.59. The minimum absolute atomic E-state index is 0.0916. The number of hydrogen-bond acceptors (Lipinski definition) is 3. The van der Waals surface area contributed by atoms with Gasteiger partial charge in [-0.15, -0.1) is 0 Å². The van der Waals surface area contributed by atoms with Crippen molar-refractivity contribution >= 4 is 22.9 Å². The first-order valence-corrected chi connectivity index (χ1v) is 13.4. The average molecular weight is 474 g/mol. The number of nitrogens with zero attached hydrogens (tertiary/aromatic N) is 3. The van der Waals surface area contributed by atoms with Crippen molar-refractivity contribution in [3.63, 3.8) is 0 Å². The van der Waals surface area contributed by atoms with Gasteiger partial charge in [-0.3, -0.25) is 0 Å². The third-order valence-electron chi connectivity index (χ3n) is 8.81. The van der Waals surface area contributed by atoms with E-state index in [0.717, 1.165) is 25.1 Å².